The number of halogens is 1. The summed E-state index contributed by atoms with van der Waals surface area (Å²) in [5.41, 5.74) is -0.476. The van der Waals surface area contributed by atoms with Crippen molar-refractivity contribution < 1.29 is 15.0 Å². The van der Waals surface area contributed by atoms with Crippen LogP contribution in [0, 0.1) is 0 Å². The molecule has 0 amide bonds. The van der Waals surface area contributed by atoms with Crippen LogP contribution in [-0.2, 0) is 10.2 Å². The van der Waals surface area contributed by atoms with Crippen molar-refractivity contribution in [3.05, 3.63) is 34.9 Å². The standard InChI is InChI=1S/C11H13ClO3/c1-11(5-6-13,10(14)15)8-3-2-4-9(12)7-8/h2-4,7,13H,5-6H2,1H3,(H,14,15). The molecule has 0 aliphatic carbocycles. The van der Waals surface area contributed by atoms with E-state index in [1.165, 1.54) is 0 Å². The summed E-state index contributed by atoms with van der Waals surface area (Å²) in [6.07, 6.45) is 0.169. The highest BCUT2D eigenvalue weighted by Gasteiger charge is 2.34. The quantitative estimate of drug-likeness (QED) is 0.830. The lowest BCUT2D eigenvalue weighted by Gasteiger charge is -2.24. The third kappa shape index (κ3) is 2.49. The fourth-order valence-corrected chi connectivity index (χ4v) is 1.62. The summed E-state index contributed by atoms with van der Waals surface area (Å²) >= 11 is 5.80. The Balaban J connectivity index is 3.15. The molecule has 1 unspecified atom stereocenters. The Morgan fingerprint density at radius 1 is 1.53 bits per heavy atom. The van der Waals surface area contributed by atoms with E-state index in [1.54, 1.807) is 31.2 Å². The molecule has 1 aromatic carbocycles. The SMILES string of the molecule is CC(CCO)(C(=O)O)c1cccc(Cl)c1. The molecule has 15 heavy (non-hydrogen) atoms. The normalized spacial score (nSPS) is 14.6. The summed E-state index contributed by atoms with van der Waals surface area (Å²) in [6.45, 7) is 1.41. The first-order chi connectivity index (χ1) is 7.00. The van der Waals surface area contributed by atoms with Gasteiger partial charge in [-0.05, 0) is 31.0 Å². The smallest absolute Gasteiger partial charge is 0.313 e. The van der Waals surface area contributed by atoms with Gasteiger partial charge in [-0.15, -0.1) is 0 Å². The molecular weight excluding hydrogens is 216 g/mol. The Morgan fingerprint density at radius 2 is 2.20 bits per heavy atom. The molecule has 1 atom stereocenters. The Kier molecular flexibility index (Phi) is 3.72. The maximum Gasteiger partial charge on any atom is 0.313 e. The molecule has 0 aliphatic heterocycles. The van der Waals surface area contributed by atoms with E-state index in [1.807, 2.05) is 0 Å². The monoisotopic (exact) mass is 228 g/mol. The zero-order valence-corrected chi connectivity index (χ0v) is 9.16. The molecule has 0 fully saturated rings. The van der Waals surface area contributed by atoms with Gasteiger partial charge >= 0.3 is 5.97 Å². The summed E-state index contributed by atoms with van der Waals surface area (Å²) in [5, 5.41) is 18.5. The second-order valence-electron chi connectivity index (χ2n) is 3.62. The third-order valence-electron chi connectivity index (χ3n) is 2.55. The Morgan fingerprint density at radius 3 is 2.67 bits per heavy atom. The number of carbonyl (C=O) groups is 1. The number of aliphatic hydroxyl groups excluding tert-OH is 1. The van der Waals surface area contributed by atoms with Gasteiger partial charge in [-0.3, -0.25) is 4.79 Å². The minimum atomic E-state index is -1.08. The van der Waals surface area contributed by atoms with Crippen LogP contribution in [0.25, 0.3) is 0 Å². The van der Waals surface area contributed by atoms with Crippen LogP contribution >= 0.6 is 11.6 Å². The van der Waals surface area contributed by atoms with Crippen molar-refractivity contribution in [1.29, 1.82) is 0 Å². The summed E-state index contributed by atoms with van der Waals surface area (Å²) in [4.78, 5) is 11.2. The molecule has 0 saturated heterocycles. The van der Waals surface area contributed by atoms with Gasteiger partial charge in [0.1, 0.15) is 0 Å². The zero-order chi connectivity index (χ0) is 11.5. The molecule has 0 heterocycles. The lowest BCUT2D eigenvalue weighted by molar-refractivity contribution is -0.143. The predicted octanol–water partition coefficient (Wildman–Crippen LogP) is 2.06. The molecule has 4 heteroatoms. The summed E-state index contributed by atoms with van der Waals surface area (Å²) in [7, 11) is 0. The highest BCUT2D eigenvalue weighted by atomic mass is 35.5. The molecule has 0 bridgehead atoms. The van der Waals surface area contributed by atoms with Crippen LogP contribution in [0.1, 0.15) is 18.9 Å². The average Bonchev–Trinajstić information content (AvgIpc) is 2.17. The number of aliphatic hydroxyl groups is 1. The van der Waals surface area contributed by atoms with Crippen molar-refractivity contribution in [2.24, 2.45) is 0 Å². The van der Waals surface area contributed by atoms with Crippen LogP contribution in [0.4, 0.5) is 0 Å². The highest BCUT2D eigenvalue weighted by Crippen LogP contribution is 2.29. The number of carboxylic acid groups (broad SMARTS) is 1. The minimum Gasteiger partial charge on any atom is -0.481 e. The second-order valence-corrected chi connectivity index (χ2v) is 4.06. The summed E-state index contributed by atoms with van der Waals surface area (Å²) in [6, 6.07) is 6.71. The number of aliphatic carboxylic acids is 1. The zero-order valence-electron chi connectivity index (χ0n) is 8.40. The van der Waals surface area contributed by atoms with Gasteiger partial charge in [-0.25, -0.2) is 0 Å². The highest BCUT2D eigenvalue weighted by molar-refractivity contribution is 6.30. The Labute approximate surface area is 93.3 Å². The van der Waals surface area contributed by atoms with Gasteiger partial charge in [-0.2, -0.15) is 0 Å². The van der Waals surface area contributed by atoms with Crippen LogP contribution in [0.5, 0.6) is 0 Å². The van der Waals surface area contributed by atoms with Crippen LogP contribution in [0.2, 0.25) is 5.02 Å². The molecule has 0 aliphatic rings. The van der Waals surface area contributed by atoms with Crippen molar-refractivity contribution in [1.82, 2.24) is 0 Å². The van der Waals surface area contributed by atoms with Crippen molar-refractivity contribution in [2.75, 3.05) is 6.61 Å². The van der Waals surface area contributed by atoms with E-state index >= 15 is 0 Å². The second kappa shape index (κ2) is 4.64. The summed E-state index contributed by atoms with van der Waals surface area (Å²) in [5.74, 6) is -0.959. The first-order valence-corrected chi connectivity index (χ1v) is 4.99. The minimum absolute atomic E-state index is 0.169. The van der Waals surface area contributed by atoms with E-state index in [4.69, 9.17) is 21.8 Å². The van der Waals surface area contributed by atoms with Gasteiger partial charge < -0.3 is 10.2 Å². The number of carboxylic acids is 1. The van der Waals surface area contributed by atoms with Crippen LogP contribution in [0.3, 0.4) is 0 Å². The van der Waals surface area contributed by atoms with Crippen molar-refractivity contribution >= 4 is 17.6 Å². The molecule has 0 aromatic heterocycles. The van der Waals surface area contributed by atoms with Crippen molar-refractivity contribution in [3.8, 4) is 0 Å². The number of benzene rings is 1. The molecule has 0 saturated carbocycles. The van der Waals surface area contributed by atoms with Crippen LogP contribution < -0.4 is 0 Å². The van der Waals surface area contributed by atoms with Gasteiger partial charge in [0.2, 0.25) is 0 Å². The van der Waals surface area contributed by atoms with Gasteiger partial charge in [0, 0.05) is 11.6 Å². The molecule has 2 N–H and O–H groups in total. The summed E-state index contributed by atoms with van der Waals surface area (Å²) < 4.78 is 0. The molecule has 1 rings (SSSR count). The van der Waals surface area contributed by atoms with E-state index in [0.717, 1.165) is 0 Å². The van der Waals surface area contributed by atoms with Crippen LogP contribution in [-0.4, -0.2) is 22.8 Å². The number of hydrogen-bond donors (Lipinski definition) is 2. The average molecular weight is 229 g/mol. The van der Waals surface area contributed by atoms with E-state index in [0.29, 0.717) is 10.6 Å². The topological polar surface area (TPSA) is 57.5 Å². The van der Waals surface area contributed by atoms with Gasteiger partial charge in [0.05, 0.1) is 5.41 Å². The maximum atomic E-state index is 11.2. The fourth-order valence-electron chi connectivity index (χ4n) is 1.43. The predicted molar refractivity (Wildman–Crippen MR) is 58.1 cm³/mol. The molecular formula is C11H13ClO3. The van der Waals surface area contributed by atoms with E-state index in [9.17, 15) is 4.79 Å². The first-order valence-electron chi connectivity index (χ1n) is 4.61. The first kappa shape index (κ1) is 12.0. The van der Waals surface area contributed by atoms with E-state index in [-0.39, 0.29) is 13.0 Å². The Hall–Kier alpha value is -1.06. The molecule has 1 aromatic rings. The molecule has 3 nitrogen and oxygen atoms in total. The largest absolute Gasteiger partial charge is 0.481 e. The molecule has 0 spiro atoms. The van der Waals surface area contributed by atoms with Crippen LogP contribution in [0.15, 0.2) is 24.3 Å². The Bertz CT molecular complexity index is 365. The number of rotatable bonds is 4. The molecule has 82 valence electrons. The van der Waals surface area contributed by atoms with E-state index < -0.39 is 11.4 Å². The van der Waals surface area contributed by atoms with Gasteiger partial charge in [-0.1, -0.05) is 23.7 Å². The van der Waals surface area contributed by atoms with Gasteiger partial charge in [0.25, 0.3) is 0 Å². The maximum absolute atomic E-state index is 11.2. The molecule has 0 radical (unpaired) electrons. The fraction of sp³-hybridized carbons (Fsp3) is 0.364. The van der Waals surface area contributed by atoms with Crippen molar-refractivity contribution in [2.45, 2.75) is 18.8 Å². The number of hydrogen-bond acceptors (Lipinski definition) is 2. The lowest BCUT2D eigenvalue weighted by Crippen LogP contribution is -2.33. The lowest BCUT2D eigenvalue weighted by atomic mass is 9.80. The van der Waals surface area contributed by atoms with Crippen molar-refractivity contribution in [3.63, 3.8) is 0 Å². The van der Waals surface area contributed by atoms with Gasteiger partial charge in [0.15, 0.2) is 0 Å². The van der Waals surface area contributed by atoms with E-state index in [2.05, 4.69) is 0 Å². The third-order valence-corrected chi connectivity index (χ3v) is 2.78.